The van der Waals surface area contributed by atoms with Crippen LogP contribution in [0.15, 0.2) is 30.3 Å². The second-order valence-electron chi connectivity index (χ2n) is 4.46. The van der Waals surface area contributed by atoms with Gasteiger partial charge in [-0.05, 0) is 36.8 Å². The summed E-state index contributed by atoms with van der Waals surface area (Å²) in [5.41, 5.74) is 9.56. The van der Waals surface area contributed by atoms with E-state index in [1.165, 1.54) is 6.07 Å². The lowest BCUT2D eigenvalue weighted by atomic mass is 10.0. The van der Waals surface area contributed by atoms with E-state index >= 15 is 0 Å². The Hall–Kier alpha value is -2.20. The zero-order valence-corrected chi connectivity index (χ0v) is 11.0. The lowest BCUT2D eigenvalue weighted by Crippen LogP contribution is -1.88. The number of rotatable bonds is 1. The molecule has 0 saturated heterocycles. The summed E-state index contributed by atoms with van der Waals surface area (Å²) in [6.07, 6.45) is 0. The fraction of sp³-hybridized carbons (Fsp3) is 0.0714. The smallest absolute Gasteiger partial charge is 0.126 e. The number of nitrogens with zero attached hydrogens (tertiary/aromatic N) is 1. The highest BCUT2D eigenvalue weighted by atomic mass is 35.5. The van der Waals surface area contributed by atoms with Gasteiger partial charge in [0.1, 0.15) is 11.4 Å². The van der Waals surface area contributed by atoms with Crippen LogP contribution in [-0.2, 0) is 0 Å². The number of fused-ring (bicyclic) bond motifs is 1. The minimum Gasteiger partial charge on any atom is -0.507 e. The minimum atomic E-state index is 0.0900. The third-order valence-electron chi connectivity index (χ3n) is 3.15. The number of halogens is 1. The minimum absolute atomic E-state index is 0.0900. The van der Waals surface area contributed by atoms with Gasteiger partial charge in [-0.15, -0.1) is 0 Å². The van der Waals surface area contributed by atoms with Crippen LogP contribution in [0.25, 0.3) is 22.2 Å². The van der Waals surface area contributed by atoms with Crippen LogP contribution in [0.2, 0.25) is 5.02 Å². The number of aromatic nitrogens is 2. The molecule has 0 aliphatic heterocycles. The average molecular weight is 274 g/mol. The molecule has 1 heterocycles. The maximum Gasteiger partial charge on any atom is 0.126 e. The van der Waals surface area contributed by atoms with E-state index in [1.54, 1.807) is 12.1 Å². The zero-order valence-electron chi connectivity index (χ0n) is 10.2. The Labute approximate surface area is 114 Å². The lowest BCUT2D eigenvalue weighted by molar-refractivity contribution is 0.477. The molecule has 0 aliphatic rings. The topological polar surface area (TPSA) is 74.9 Å². The molecule has 4 N–H and O–H groups in total. The van der Waals surface area contributed by atoms with Gasteiger partial charge in [-0.25, -0.2) is 0 Å². The van der Waals surface area contributed by atoms with Gasteiger partial charge < -0.3 is 10.8 Å². The first-order valence-electron chi connectivity index (χ1n) is 5.80. The Morgan fingerprint density at radius 2 is 2.11 bits per heavy atom. The number of phenolic OH excluding ortho intramolecular Hbond substituents is 1. The first-order valence-corrected chi connectivity index (χ1v) is 6.18. The van der Waals surface area contributed by atoms with E-state index in [1.807, 2.05) is 19.1 Å². The van der Waals surface area contributed by atoms with E-state index in [0.29, 0.717) is 22.0 Å². The van der Waals surface area contributed by atoms with Crippen molar-refractivity contribution in [2.24, 2.45) is 0 Å². The van der Waals surface area contributed by atoms with Gasteiger partial charge in [0.05, 0.1) is 10.9 Å². The van der Waals surface area contributed by atoms with E-state index in [0.717, 1.165) is 16.5 Å². The van der Waals surface area contributed by atoms with E-state index < -0.39 is 0 Å². The third-order valence-corrected chi connectivity index (χ3v) is 3.56. The van der Waals surface area contributed by atoms with Gasteiger partial charge in [-0.1, -0.05) is 17.7 Å². The molecule has 0 radical (unpaired) electrons. The van der Waals surface area contributed by atoms with E-state index in [4.69, 9.17) is 17.3 Å². The lowest BCUT2D eigenvalue weighted by Gasteiger charge is -2.06. The Kier molecular flexibility index (Phi) is 2.61. The van der Waals surface area contributed by atoms with Crippen LogP contribution in [-0.4, -0.2) is 15.3 Å². The highest BCUT2D eigenvalue weighted by molar-refractivity contribution is 6.31. The third kappa shape index (κ3) is 1.81. The number of hydrogen-bond acceptors (Lipinski definition) is 3. The second kappa shape index (κ2) is 4.17. The monoisotopic (exact) mass is 273 g/mol. The van der Waals surface area contributed by atoms with Crippen LogP contribution in [0.1, 0.15) is 5.56 Å². The van der Waals surface area contributed by atoms with Crippen molar-refractivity contribution in [3.63, 3.8) is 0 Å². The Morgan fingerprint density at radius 3 is 2.89 bits per heavy atom. The van der Waals surface area contributed by atoms with Gasteiger partial charge in [0.25, 0.3) is 0 Å². The predicted molar refractivity (Wildman–Crippen MR) is 77.4 cm³/mol. The van der Waals surface area contributed by atoms with Crippen molar-refractivity contribution in [2.75, 3.05) is 5.73 Å². The summed E-state index contributed by atoms with van der Waals surface area (Å²) in [6.45, 7) is 1.88. The number of nitrogen functional groups attached to an aromatic ring is 1. The molecule has 0 saturated carbocycles. The number of anilines is 1. The molecular formula is C14H12ClN3O. The quantitative estimate of drug-likeness (QED) is 0.594. The number of benzene rings is 2. The second-order valence-corrected chi connectivity index (χ2v) is 4.87. The number of H-pyrrole nitrogens is 1. The first-order chi connectivity index (χ1) is 9.08. The van der Waals surface area contributed by atoms with Crippen LogP contribution in [0.4, 0.5) is 5.69 Å². The van der Waals surface area contributed by atoms with Crippen molar-refractivity contribution in [3.8, 4) is 17.0 Å². The zero-order chi connectivity index (χ0) is 13.6. The standard InChI is InChI=1S/C14H12ClN3O/c1-7-5-8(12(19)6-9(7)15)14-13-10(16)3-2-4-11(13)17-18-14/h2-6,19H,16H2,1H3,(H,17,18). The SMILES string of the molecule is Cc1cc(-c2n[nH]c3cccc(N)c23)c(O)cc1Cl. The molecule has 19 heavy (non-hydrogen) atoms. The van der Waals surface area contributed by atoms with Crippen molar-refractivity contribution in [1.82, 2.24) is 10.2 Å². The number of nitrogens with two attached hydrogens (primary N) is 1. The van der Waals surface area contributed by atoms with Gasteiger partial charge in [-0.3, -0.25) is 5.10 Å². The van der Waals surface area contributed by atoms with Gasteiger partial charge >= 0.3 is 0 Å². The molecule has 0 spiro atoms. The molecule has 4 nitrogen and oxygen atoms in total. The van der Waals surface area contributed by atoms with Gasteiger partial charge in [0, 0.05) is 16.3 Å². The molecule has 3 aromatic rings. The Bertz CT molecular complexity index is 780. The highest BCUT2D eigenvalue weighted by Gasteiger charge is 2.15. The molecule has 0 atom stereocenters. The normalized spacial score (nSPS) is 11.1. The molecule has 0 amide bonds. The molecule has 0 bridgehead atoms. The Balaban J connectivity index is 2.34. The largest absolute Gasteiger partial charge is 0.507 e. The Morgan fingerprint density at radius 1 is 1.32 bits per heavy atom. The summed E-state index contributed by atoms with van der Waals surface area (Å²) < 4.78 is 0. The average Bonchev–Trinajstić information content (AvgIpc) is 2.79. The van der Waals surface area contributed by atoms with E-state index in [2.05, 4.69) is 10.2 Å². The first kappa shape index (κ1) is 11.9. The summed E-state index contributed by atoms with van der Waals surface area (Å²) in [5, 5.41) is 18.6. The molecule has 3 rings (SSSR count). The van der Waals surface area contributed by atoms with Gasteiger partial charge in [-0.2, -0.15) is 5.10 Å². The summed E-state index contributed by atoms with van der Waals surface area (Å²) in [4.78, 5) is 0. The molecular weight excluding hydrogens is 262 g/mol. The van der Waals surface area contributed by atoms with Crippen molar-refractivity contribution in [1.29, 1.82) is 0 Å². The van der Waals surface area contributed by atoms with Crippen molar-refractivity contribution >= 4 is 28.2 Å². The number of hydrogen-bond donors (Lipinski definition) is 3. The number of aromatic amines is 1. The molecule has 0 fully saturated rings. The van der Waals surface area contributed by atoms with Gasteiger partial charge in [0.2, 0.25) is 0 Å². The summed E-state index contributed by atoms with van der Waals surface area (Å²) in [7, 11) is 0. The van der Waals surface area contributed by atoms with E-state index in [-0.39, 0.29) is 5.75 Å². The number of aromatic hydroxyl groups is 1. The van der Waals surface area contributed by atoms with Crippen LogP contribution < -0.4 is 5.73 Å². The predicted octanol–water partition coefficient (Wildman–Crippen LogP) is 3.48. The highest BCUT2D eigenvalue weighted by Crippen LogP contribution is 2.37. The van der Waals surface area contributed by atoms with Crippen molar-refractivity contribution in [2.45, 2.75) is 6.92 Å². The fourth-order valence-corrected chi connectivity index (χ4v) is 2.31. The maximum absolute atomic E-state index is 10.1. The molecule has 0 aliphatic carbocycles. The van der Waals surface area contributed by atoms with Crippen molar-refractivity contribution < 1.29 is 5.11 Å². The van der Waals surface area contributed by atoms with Crippen LogP contribution in [0.3, 0.4) is 0 Å². The number of aryl methyl sites for hydroxylation is 1. The molecule has 96 valence electrons. The van der Waals surface area contributed by atoms with Gasteiger partial charge in [0.15, 0.2) is 0 Å². The molecule has 5 heteroatoms. The molecule has 1 aromatic heterocycles. The number of phenols is 1. The van der Waals surface area contributed by atoms with Crippen molar-refractivity contribution in [3.05, 3.63) is 40.9 Å². The summed E-state index contributed by atoms with van der Waals surface area (Å²) in [6, 6.07) is 8.88. The summed E-state index contributed by atoms with van der Waals surface area (Å²) >= 11 is 5.98. The van der Waals surface area contributed by atoms with Crippen LogP contribution >= 0.6 is 11.6 Å². The van der Waals surface area contributed by atoms with Crippen LogP contribution in [0, 0.1) is 6.92 Å². The molecule has 2 aromatic carbocycles. The summed E-state index contributed by atoms with van der Waals surface area (Å²) in [5.74, 6) is 0.0900. The molecule has 0 unspecified atom stereocenters. The maximum atomic E-state index is 10.1. The fourth-order valence-electron chi connectivity index (χ4n) is 2.16. The van der Waals surface area contributed by atoms with Crippen LogP contribution in [0.5, 0.6) is 5.75 Å². The van der Waals surface area contributed by atoms with E-state index in [9.17, 15) is 5.11 Å². The number of nitrogens with one attached hydrogen (secondary N) is 1.